The topological polar surface area (TPSA) is 88.9 Å². The predicted molar refractivity (Wildman–Crippen MR) is 113 cm³/mol. The van der Waals surface area contributed by atoms with Gasteiger partial charge in [0.1, 0.15) is 0 Å². The van der Waals surface area contributed by atoms with E-state index in [0.29, 0.717) is 44.2 Å². The van der Waals surface area contributed by atoms with Gasteiger partial charge in [-0.3, -0.25) is 14.5 Å². The summed E-state index contributed by atoms with van der Waals surface area (Å²) in [6.45, 7) is 6.60. The van der Waals surface area contributed by atoms with Crippen molar-refractivity contribution in [3.8, 4) is 0 Å². The van der Waals surface area contributed by atoms with Crippen LogP contribution in [0.1, 0.15) is 42.6 Å². The average molecular weight is 410 g/mol. The lowest BCUT2D eigenvalue weighted by Gasteiger charge is -2.26. The second kappa shape index (κ2) is 8.79. The first-order valence-electron chi connectivity index (χ1n) is 10.6. The Kier molecular flexibility index (Phi) is 5.94. The van der Waals surface area contributed by atoms with Gasteiger partial charge in [-0.2, -0.15) is 0 Å². The summed E-state index contributed by atoms with van der Waals surface area (Å²) in [6, 6.07) is 7.51. The van der Waals surface area contributed by atoms with Crippen LogP contribution in [0, 0.1) is 0 Å². The van der Waals surface area contributed by atoms with Crippen LogP contribution < -0.4 is 15.2 Å². The molecule has 2 N–H and O–H groups in total. The van der Waals surface area contributed by atoms with Gasteiger partial charge in [0.25, 0.3) is 5.91 Å². The lowest BCUT2D eigenvalue weighted by molar-refractivity contribution is -0.365. The molecule has 0 aliphatic carbocycles. The molecule has 1 aromatic heterocycles. The van der Waals surface area contributed by atoms with E-state index in [1.54, 1.807) is 0 Å². The molecule has 1 aromatic carbocycles. The molecule has 0 saturated carbocycles. The predicted octanol–water partition coefficient (Wildman–Crippen LogP) is 2.19. The van der Waals surface area contributed by atoms with Gasteiger partial charge in [-0.1, -0.05) is 18.8 Å². The third-order valence-electron chi connectivity index (χ3n) is 5.73. The summed E-state index contributed by atoms with van der Waals surface area (Å²) in [4.78, 5) is 36.5. The van der Waals surface area contributed by atoms with E-state index in [1.165, 1.54) is 0 Å². The van der Waals surface area contributed by atoms with Crippen molar-refractivity contribution in [2.24, 2.45) is 0 Å². The average Bonchev–Trinajstić information content (AvgIpc) is 3.11. The minimum absolute atomic E-state index is 0.0198. The normalized spacial score (nSPS) is 16.2. The molecular weight excluding hydrogens is 382 g/mol. The van der Waals surface area contributed by atoms with Gasteiger partial charge in [-0.05, 0) is 37.1 Å². The molecule has 2 aliphatic heterocycles. The van der Waals surface area contributed by atoms with Crippen molar-refractivity contribution < 1.29 is 19.3 Å². The van der Waals surface area contributed by atoms with E-state index in [0.717, 1.165) is 29.9 Å². The highest BCUT2D eigenvalue weighted by atomic mass is 16.5. The van der Waals surface area contributed by atoms with E-state index in [9.17, 15) is 9.59 Å². The van der Waals surface area contributed by atoms with Crippen LogP contribution in [0.3, 0.4) is 0 Å². The number of amides is 2. The molecule has 0 spiro atoms. The number of H-pyrrole nitrogens is 1. The van der Waals surface area contributed by atoms with E-state index < -0.39 is 0 Å². The van der Waals surface area contributed by atoms with Gasteiger partial charge < -0.3 is 9.64 Å². The van der Waals surface area contributed by atoms with Crippen molar-refractivity contribution in [2.75, 3.05) is 36.5 Å². The van der Waals surface area contributed by atoms with Gasteiger partial charge in [0.15, 0.2) is 0 Å². The third kappa shape index (κ3) is 4.00. The molecule has 0 unspecified atom stereocenters. The summed E-state index contributed by atoms with van der Waals surface area (Å²) in [5, 5.41) is 3.24. The summed E-state index contributed by atoms with van der Waals surface area (Å²) < 4.78 is 5.31. The number of morpholine rings is 1. The number of carbonyl (C=O) groups excluding carboxylic acids is 2. The number of fused-ring (bicyclic) bond motifs is 1. The number of hydrogen-bond donors (Lipinski definition) is 1. The zero-order valence-electron chi connectivity index (χ0n) is 17.5. The first-order valence-corrected chi connectivity index (χ1v) is 10.6. The Bertz CT molecular complexity index is 921. The number of aromatic amines is 1. The first kappa shape index (κ1) is 20.3. The van der Waals surface area contributed by atoms with Gasteiger partial charge in [0.2, 0.25) is 11.7 Å². The summed E-state index contributed by atoms with van der Waals surface area (Å²) in [5.74, 6) is 1.41. The highest BCUT2D eigenvalue weighted by Gasteiger charge is 2.36. The molecule has 0 bridgehead atoms. The molecule has 1 saturated heterocycles. The quantitative estimate of drug-likeness (QED) is 0.789. The fourth-order valence-corrected chi connectivity index (χ4v) is 4.01. The van der Waals surface area contributed by atoms with Crippen LogP contribution in [0.2, 0.25) is 0 Å². The van der Waals surface area contributed by atoms with E-state index >= 15 is 0 Å². The summed E-state index contributed by atoms with van der Waals surface area (Å²) in [5.41, 5.74) is 2.39. The Labute approximate surface area is 176 Å². The lowest BCUT2D eigenvalue weighted by Crippen LogP contribution is -2.40. The van der Waals surface area contributed by atoms with Crippen LogP contribution in [-0.4, -0.2) is 54.0 Å². The molecule has 3 heterocycles. The number of hydrogen-bond acceptors (Lipinski definition) is 5. The van der Waals surface area contributed by atoms with Gasteiger partial charge in [0, 0.05) is 24.7 Å². The van der Waals surface area contributed by atoms with Crippen LogP contribution in [-0.2, 0) is 16.0 Å². The number of aromatic nitrogens is 2. The first-order chi connectivity index (χ1) is 14.6. The van der Waals surface area contributed by atoms with Crippen LogP contribution in [0.15, 0.2) is 30.5 Å². The fourth-order valence-electron chi connectivity index (χ4n) is 4.01. The summed E-state index contributed by atoms with van der Waals surface area (Å²) >= 11 is 0. The number of ether oxygens (including phenoxy) is 1. The molecule has 2 amide bonds. The number of nitrogens with one attached hydrogen (secondary N) is 2. The highest BCUT2D eigenvalue weighted by Crippen LogP contribution is 2.30. The standard InChI is InChI=1S/C22H27N5O3/c1-3-18(4-2)27-19(28)13-16-14-23-22(25-20(16)27)24-17-7-5-15(6-8-17)21(29)26-9-11-30-12-10-26/h5-8,14,18H,3-4,9-13H2,1-2H3,(H,23,24,25)/p+1. The molecule has 158 valence electrons. The van der Waals surface area contributed by atoms with Crippen LogP contribution >= 0.6 is 0 Å². The summed E-state index contributed by atoms with van der Waals surface area (Å²) in [6.07, 6.45) is 4.02. The molecule has 8 nitrogen and oxygen atoms in total. The Morgan fingerprint density at radius 3 is 2.57 bits per heavy atom. The van der Waals surface area contributed by atoms with E-state index in [-0.39, 0.29) is 17.9 Å². The Hall–Kier alpha value is -3.00. The van der Waals surface area contributed by atoms with Gasteiger partial charge >= 0.3 is 5.95 Å². The van der Waals surface area contributed by atoms with Crippen molar-refractivity contribution in [2.45, 2.75) is 39.2 Å². The van der Waals surface area contributed by atoms with Crippen molar-refractivity contribution in [3.63, 3.8) is 0 Å². The molecular formula is C22H28N5O3+. The number of carbonyl (C=O) groups is 2. The largest absolute Gasteiger partial charge is 0.396 e. The van der Waals surface area contributed by atoms with Gasteiger partial charge in [-0.15, -0.1) is 0 Å². The van der Waals surface area contributed by atoms with Gasteiger partial charge in [0.05, 0.1) is 37.1 Å². The SMILES string of the molecule is CCC(CC)N1C(=O)Cc2c[nH+]c(Nc3ccc(C(=O)N4CCOCC4)cc3)nc21. The molecule has 2 aromatic rings. The molecule has 0 atom stereocenters. The smallest absolute Gasteiger partial charge is 0.378 e. The number of anilines is 3. The number of benzene rings is 1. The molecule has 30 heavy (non-hydrogen) atoms. The lowest BCUT2D eigenvalue weighted by atomic mass is 10.1. The monoisotopic (exact) mass is 410 g/mol. The second-order valence-electron chi connectivity index (χ2n) is 7.62. The van der Waals surface area contributed by atoms with E-state index in [1.807, 2.05) is 40.3 Å². The summed E-state index contributed by atoms with van der Waals surface area (Å²) in [7, 11) is 0. The van der Waals surface area contributed by atoms with Crippen LogP contribution in [0.4, 0.5) is 17.5 Å². The molecule has 0 radical (unpaired) electrons. The van der Waals surface area contributed by atoms with Gasteiger partial charge in [-0.25, -0.2) is 10.3 Å². The maximum atomic E-state index is 12.6. The highest BCUT2D eigenvalue weighted by molar-refractivity contribution is 6.00. The number of nitrogens with zero attached hydrogens (tertiary/aromatic N) is 3. The van der Waals surface area contributed by atoms with Crippen LogP contribution in [0.25, 0.3) is 0 Å². The zero-order chi connectivity index (χ0) is 21.1. The minimum atomic E-state index is 0.0198. The molecule has 1 fully saturated rings. The minimum Gasteiger partial charge on any atom is -0.378 e. The Morgan fingerprint density at radius 1 is 1.20 bits per heavy atom. The Balaban J connectivity index is 1.49. The van der Waals surface area contributed by atoms with Crippen molar-refractivity contribution in [1.29, 1.82) is 0 Å². The molecule has 8 heteroatoms. The molecule has 4 rings (SSSR count). The molecule has 2 aliphatic rings. The number of rotatable bonds is 6. The maximum Gasteiger partial charge on any atom is 0.396 e. The Morgan fingerprint density at radius 2 is 1.90 bits per heavy atom. The van der Waals surface area contributed by atoms with Crippen molar-refractivity contribution >= 4 is 29.3 Å². The van der Waals surface area contributed by atoms with Crippen LogP contribution in [0.5, 0.6) is 0 Å². The fraction of sp³-hybridized carbons (Fsp3) is 0.455. The maximum absolute atomic E-state index is 12.6. The van der Waals surface area contributed by atoms with Crippen molar-refractivity contribution in [1.82, 2.24) is 9.88 Å². The second-order valence-corrected chi connectivity index (χ2v) is 7.62. The van der Waals surface area contributed by atoms with Crippen molar-refractivity contribution in [3.05, 3.63) is 41.6 Å². The third-order valence-corrected chi connectivity index (χ3v) is 5.73. The van der Waals surface area contributed by atoms with E-state index in [4.69, 9.17) is 4.74 Å². The van der Waals surface area contributed by atoms with E-state index in [2.05, 4.69) is 29.1 Å². The zero-order valence-corrected chi connectivity index (χ0v) is 17.5.